The van der Waals surface area contributed by atoms with E-state index < -0.39 is 0 Å². The third-order valence-corrected chi connectivity index (χ3v) is 3.96. The molecule has 2 aromatic heterocycles. The summed E-state index contributed by atoms with van der Waals surface area (Å²) in [6.45, 7) is 0.677. The highest BCUT2D eigenvalue weighted by atomic mass is 16.5. The molecule has 0 atom stereocenters. The lowest BCUT2D eigenvalue weighted by atomic mass is 10.2. The van der Waals surface area contributed by atoms with Crippen LogP contribution in [0, 0.1) is 0 Å². The highest BCUT2D eigenvalue weighted by Gasteiger charge is 2.10. The van der Waals surface area contributed by atoms with Crippen molar-refractivity contribution in [1.29, 1.82) is 0 Å². The molecule has 0 aliphatic rings. The molecule has 3 aromatic rings. The van der Waals surface area contributed by atoms with Crippen LogP contribution >= 0.6 is 0 Å². The summed E-state index contributed by atoms with van der Waals surface area (Å²) in [7, 11) is 7.16. The van der Waals surface area contributed by atoms with Crippen LogP contribution in [0.25, 0.3) is 11.5 Å². The van der Waals surface area contributed by atoms with E-state index in [-0.39, 0.29) is 0 Å². The SMILES string of the molecule is COc1ccc(CN(C)c2ccc(-c3nccn3C)nn2)cc1OC. The van der Waals surface area contributed by atoms with Gasteiger partial charge >= 0.3 is 0 Å². The van der Waals surface area contributed by atoms with Gasteiger partial charge in [-0.1, -0.05) is 6.07 Å². The molecule has 0 amide bonds. The van der Waals surface area contributed by atoms with Gasteiger partial charge in [0.15, 0.2) is 23.1 Å². The highest BCUT2D eigenvalue weighted by Crippen LogP contribution is 2.28. The molecule has 0 spiro atoms. The van der Waals surface area contributed by atoms with E-state index in [9.17, 15) is 0 Å². The van der Waals surface area contributed by atoms with Gasteiger partial charge in [-0.25, -0.2) is 4.98 Å². The van der Waals surface area contributed by atoms with Gasteiger partial charge in [-0.2, -0.15) is 0 Å². The van der Waals surface area contributed by atoms with Crippen molar-refractivity contribution in [2.45, 2.75) is 6.54 Å². The number of aryl methyl sites for hydroxylation is 1. The molecule has 0 saturated carbocycles. The lowest BCUT2D eigenvalue weighted by Gasteiger charge is -2.18. The third kappa shape index (κ3) is 3.55. The first-order valence-corrected chi connectivity index (χ1v) is 7.86. The van der Waals surface area contributed by atoms with Gasteiger partial charge in [-0.15, -0.1) is 10.2 Å². The molecule has 0 N–H and O–H groups in total. The number of hydrogen-bond acceptors (Lipinski definition) is 6. The molecule has 25 heavy (non-hydrogen) atoms. The first kappa shape index (κ1) is 16.8. The zero-order valence-corrected chi connectivity index (χ0v) is 14.8. The van der Waals surface area contributed by atoms with Gasteiger partial charge < -0.3 is 18.9 Å². The Hall–Kier alpha value is -3.09. The molecule has 0 saturated heterocycles. The maximum absolute atomic E-state index is 5.35. The van der Waals surface area contributed by atoms with Crippen molar-refractivity contribution in [2.75, 3.05) is 26.2 Å². The van der Waals surface area contributed by atoms with Crippen molar-refractivity contribution < 1.29 is 9.47 Å². The fourth-order valence-electron chi connectivity index (χ4n) is 2.59. The summed E-state index contributed by atoms with van der Waals surface area (Å²) in [6, 6.07) is 9.74. The van der Waals surface area contributed by atoms with E-state index in [0.717, 1.165) is 22.9 Å². The molecule has 7 heteroatoms. The molecule has 2 heterocycles. The number of imidazole rings is 1. The zero-order valence-electron chi connectivity index (χ0n) is 14.8. The molecule has 0 radical (unpaired) electrons. The third-order valence-electron chi connectivity index (χ3n) is 3.96. The normalized spacial score (nSPS) is 10.6. The molecule has 7 nitrogen and oxygen atoms in total. The summed E-state index contributed by atoms with van der Waals surface area (Å²) in [5.74, 6) is 3.01. The molecular weight excluding hydrogens is 318 g/mol. The molecule has 0 unspecified atom stereocenters. The monoisotopic (exact) mass is 339 g/mol. The molecule has 0 aliphatic heterocycles. The number of aromatic nitrogens is 4. The molecule has 0 fully saturated rings. The van der Waals surface area contributed by atoms with E-state index in [4.69, 9.17) is 9.47 Å². The molecule has 3 rings (SSSR count). The Labute approximate surface area is 146 Å². The van der Waals surface area contributed by atoms with Gasteiger partial charge in [0, 0.05) is 33.0 Å². The number of hydrogen-bond donors (Lipinski definition) is 0. The summed E-state index contributed by atoms with van der Waals surface area (Å²) in [6.07, 6.45) is 3.63. The quantitative estimate of drug-likeness (QED) is 0.688. The van der Waals surface area contributed by atoms with E-state index >= 15 is 0 Å². The first-order valence-electron chi connectivity index (χ1n) is 7.86. The average molecular weight is 339 g/mol. The van der Waals surface area contributed by atoms with Gasteiger partial charge in [0.05, 0.1) is 14.2 Å². The van der Waals surface area contributed by atoms with Crippen molar-refractivity contribution >= 4 is 5.82 Å². The molecule has 130 valence electrons. The van der Waals surface area contributed by atoms with Crippen molar-refractivity contribution in [3.05, 3.63) is 48.3 Å². The maximum atomic E-state index is 5.35. The predicted molar refractivity (Wildman–Crippen MR) is 95.9 cm³/mol. The van der Waals surface area contributed by atoms with Gasteiger partial charge in [-0.05, 0) is 29.8 Å². The largest absolute Gasteiger partial charge is 0.493 e. The van der Waals surface area contributed by atoms with Crippen LogP contribution in [0.5, 0.6) is 11.5 Å². The van der Waals surface area contributed by atoms with Crippen molar-refractivity contribution in [3.8, 4) is 23.0 Å². The minimum atomic E-state index is 0.677. The van der Waals surface area contributed by atoms with Gasteiger partial charge in [-0.3, -0.25) is 0 Å². The van der Waals surface area contributed by atoms with Gasteiger partial charge in [0.25, 0.3) is 0 Å². The Morgan fingerprint density at radius 2 is 1.84 bits per heavy atom. The maximum Gasteiger partial charge on any atom is 0.161 e. The number of rotatable bonds is 6. The smallest absolute Gasteiger partial charge is 0.161 e. The zero-order chi connectivity index (χ0) is 17.8. The summed E-state index contributed by atoms with van der Waals surface area (Å²) < 4.78 is 12.5. The Morgan fingerprint density at radius 1 is 1.04 bits per heavy atom. The summed E-state index contributed by atoms with van der Waals surface area (Å²) in [5, 5.41) is 8.60. The number of nitrogens with zero attached hydrogens (tertiary/aromatic N) is 5. The fraction of sp³-hybridized carbons (Fsp3) is 0.278. The summed E-state index contributed by atoms with van der Waals surface area (Å²) in [5.41, 5.74) is 1.84. The lowest BCUT2D eigenvalue weighted by molar-refractivity contribution is 0.354. The highest BCUT2D eigenvalue weighted by molar-refractivity contribution is 5.52. The van der Waals surface area contributed by atoms with Crippen LogP contribution in [0.15, 0.2) is 42.7 Å². The van der Waals surface area contributed by atoms with E-state index in [2.05, 4.69) is 15.2 Å². The summed E-state index contributed by atoms with van der Waals surface area (Å²) >= 11 is 0. The molecule has 1 aromatic carbocycles. The van der Waals surface area contributed by atoms with E-state index in [1.54, 1.807) is 20.4 Å². The van der Waals surface area contributed by atoms with E-state index in [0.29, 0.717) is 18.0 Å². The fourth-order valence-corrected chi connectivity index (χ4v) is 2.59. The Bertz CT molecular complexity index is 845. The van der Waals surface area contributed by atoms with Crippen molar-refractivity contribution in [1.82, 2.24) is 19.7 Å². The van der Waals surface area contributed by atoms with Crippen LogP contribution in [-0.4, -0.2) is 41.0 Å². The van der Waals surface area contributed by atoms with Crippen LogP contribution in [0.3, 0.4) is 0 Å². The first-order chi connectivity index (χ1) is 12.1. The van der Waals surface area contributed by atoms with Gasteiger partial charge in [0.2, 0.25) is 0 Å². The molecule has 0 bridgehead atoms. The molecule has 0 aliphatic carbocycles. The number of benzene rings is 1. The molecular formula is C18H21N5O2. The average Bonchev–Trinajstić information content (AvgIpc) is 3.07. The van der Waals surface area contributed by atoms with Crippen molar-refractivity contribution in [3.63, 3.8) is 0 Å². The second-order valence-corrected chi connectivity index (χ2v) is 5.68. The Morgan fingerprint density at radius 3 is 2.44 bits per heavy atom. The van der Waals surface area contributed by atoms with Crippen LogP contribution in [-0.2, 0) is 13.6 Å². The number of anilines is 1. The van der Waals surface area contributed by atoms with E-state index in [1.807, 2.05) is 60.1 Å². The minimum Gasteiger partial charge on any atom is -0.493 e. The van der Waals surface area contributed by atoms with Gasteiger partial charge in [0.1, 0.15) is 5.69 Å². The Balaban J connectivity index is 1.75. The Kier molecular flexibility index (Phi) is 4.83. The van der Waals surface area contributed by atoms with Crippen LogP contribution < -0.4 is 14.4 Å². The lowest BCUT2D eigenvalue weighted by Crippen LogP contribution is -2.18. The second kappa shape index (κ2) is 7.21. The predicted octanol–water partition coefficient (Wildman–Crippen LogP) is 2.53. The minimum absolute atomic E-state index is 0.677. The topological polar surface area (TPSA) is 65.3 Å². The van der Waals surface area contributed by atoms with Crippen LogP contribution in [0.2, 0.25) is 0 Å². The van der Waals surface area contributed by atoms with Crippen molar-refractivity contribution in [2.24, 2.45) is 7.05 Å². The van der Waals surface area contributed by atoms with Crippen LogP contribution in [0.4, 0.5) is 5.82 Å². The standard InChI is InChI=1S/C18H21N5O2/c1-22-10-9-19-18(22)14-6-8-17(21-20-14)23(2)12-13-5-7-15(24-3)16(11-13)25-4/h5-11H,12H2,1-4H3. The van der Waals surface area contributed by atoms with Crippen LogP contribution in [0.1, 0.15) is 5.56 Å². The number of methoxy groups -OCH3 is 2. The summed E-state index contributed by atoms with van der Waals surface area (Å²) in [4.78, 5) is 6.31. The number of ether oxygens (including phenoxy) is 2. The van der Waals surface area contributed by atoms with E-state index in [1.165, 1.54) is 0 Å². The second-order valence-electron chi connectivity index (χ2n) is 5.68.